The molecule has 3 nitrogen and oxygen atoms in total. The fourth-order valence-corrected chi connectivity index (χ4v) is 2.64. The van der Waals surface area contributed by atoms with Gasteiger partial charge in [-0.25, -0.2) is 0 Å². The minimum absolute atomic E-state index is 0.799. The molecule has 2 N–H and O–H groups in total. The third-order valence-corrected chi connectivity index (χ3v) is 3.70. The summed E-state index contributed by atoms with van der Waals surface area (Å²) in [5.74, 6) is 1.05. The first-order valence-electron chi connectivity index (χ1n) is 7.04. The molecule has 0 fully saturated rings. The van der Waals surface area contributed by atoms with Crippen molar-refractivity contribution in [1.29, 1.82) is 0 Å². The van der Waals surface area contributed by atoms with E-state index >= 15 is 0 Å². The molecule has 0 amide bonds. The third kappa shape index (κ3) is 2.72. The zero-order valence-corrected chi connectivity index (χ0v) is 11.8. The molecule has 1 heterocycles. The lowest BCUT2D eigenvalue weighted by Gasteiger charge is -2.22. The Labute approximate surface area is 120 Å². The molecule has 0 atom stereocenters. The van der Waals surface area contributed by atoms with Crippen LogP contribution in [-0.2, 0) is 13.0 Å². The van der Waals surface area contributed by atoms with Gasteiger partial charge < -0.3 is 15.4 Å². The lowest BCUT2D eigenvalue weighted by atomic mass is 10.0. The summed E-state index contributed by atoms with van der Waals surface area (Å²) in [5, 5.41) is 0. The first kappa shape index (κ1) is 12.9. The SMILES string of the molecule is CN(Cc1ccc2c(c1)CCCO2)c1cccc(N)c1. The van der Waals surface area contributed by atoms with Gasteiger partial charge in [-0.3, -0.25) is 0 Å². The van der Waals surface area contributed by atoms with Crippen LogP contribution in [0.25, 0.3) is 0 Å². The normalized spacial score (nSPS) is 13.4. The van der Waals surface area contributed by atoms with Crippen LogP contribution < -0.4 is 15.4 Å². The van der Waals surface area contributed by atoms with Crippen LogP contribution >= 0.6 is 0 Å². The Morgan fingerprint density at radius 1 is 1.20 bits per heavy atom. The molecule has 1 aliphatic rings. The summed E-state index contributed by atoms with van der Waals surface area (Å²) >= 11 is 0. The van der Waals surface area contributed by atoms with Gasteiger partial charge in [0.1, 0.15) is 5.75 Å². The van der Waals surface area contributed by atoms with E-state index < -0.39 is 0 Å². The van der Waals surface area contributed by atoms with Crippen LogP contribution in [0.4, 0.5) is 11.4 Å². The first-order chi connectivity index (χ1) is 9.72. The van der Waals surface area contributed by atoms with Crippen molar-refractivity contribution in [1.82, 2.24) is 0 Å². The quantitative estimate of drug-likeness (QED) is 0.869. The molecule has 2 aromatic rings. The lowest BCUT2D eigenvalue weighted by molar-refractivity contribution is 0.288. The van der Waals surface area contributed by atoms with E-state index in [9.17, 15) is 0 Å². The highest BCUT2D eigenvalue weighted by atomic mass is 16.5. The smallest absolute Gasteiger partial charge is 0.122 e. The number of ether oxygens (including phenoxy) is 1. The average molecular weight is 268 g/mol. The summed E-state index contributed by atoms with van der Waals surface area (Å²) in [5.41, 5.74) is 10.4. The highest BCUT2D eigenvalue weighted by Crippen LogP contribution is 2.26. The van der Waals surface area contributed by atoms with Crippen LogP contribution in [0.2, 0.25) is 0 Å². The zero-order chi connectivity index (χ0) is 13.9. The minimum Gasteiger partial charge on any atom is -0.493 e. The van der Waals surface area contributed by atoms with Gasteiger partial charge in [-0.15, -0.1) is 0 Å². The van der Waals surface area contributed by atoms with Gasteiger partial charge in [0, 0.05) is 25.0 Å². The molecule has 0 unspecified atom stereocenters. The molecule has 0 saturated heterocycles. The largest absolute Gasteiger partial charge is 0.493 e. The molecule has 104 valence electrons. The summed E-state index contributed by atoms with van der Waals surface area (Å²) in [6, 6.07) is 14.5. The molecule has 0 bridgehead atoms. The Morgan fingerprint density at radius 2 is 2.10 bits per heavy atom. The van der Waals surface area contributed by atoms with Crippen molar-refractivity contribution in [2.45, 2.75) is 19.4 Å². The lowest BCUT2D eigenvalue weighted by Crippen LogP contribution is -2.17. The van der Waals surface area contributed by atoms with Crippen LogP contribution in [0.5, 0.6) is 5.75 Å². The molecule has 0 saturated carbocycles. The summed E-state index contributed by atoms with van der Waals surface area (Å²) in [4.78, 5) is 2.21. The van der Waals surface area contributed by atoms with Crippen molar-refractivity contribution in [2.75, 3.05) is 24.3 Å². The maximum Gasteiger partial charge on any atom is 0.122 e. The maximum atomic E-state index is 5.84. The van der Waals surface area contributed by atoms with Crippen LogP contribution in [0.3, 0.4) is 0 Å². The van der Waals surface area contributed by atoms with Gasteiger partial charge in [-0.05, 0) is 48.2 Å². The van der Waals surface area contributed by atoms with Gasteiger partial charge in [-0.2, -0.15) is 0 Å². The summed E-state index contributed by atoms with van der Waals surface area (Å²) in [6.07, 6.45) is 2.23. The van der Waals surface area contributed by atoms with Gasteiger partial charge in [0.15, 0.2) is 0 Å². The van der Waals surface area contributed by atoms with E-state index in [0.717, 1.165) is 43.1 Å². The predicted octanol–water partition coefficient (Wildman–Crippen LogP) is 3.23. The fourth-order valence-electron chi connectivity index (χ4n) is 2.64. The molecule has 20 heavy (non-hydrogen) atoms. The van der Waals surface area contributed by atoms with Crippen molar-refractivity contribution in [2.24, 2.45) is 0 Å². The number of nitrogen functional groups attached to an aromatic ring is 1. The van der Waals surface area contributed by atoms with E-state index in [0.29, 0.717) is 0 Å². The van der Waals surface area contributed by atoms with Gasteiger partial charge in [0.05, 0.1) is 6.61 Å². The number of fused-ring (bicyclic) bond motifs is 1. The Bertz CT molecular complexity index is 610. The second kappa shape index (κ2) is 5.45. The van der Waals surface area contributed by atoms with Crippen LogP contribution in [0.15, 0.2) is 42.5 Å². The van der Waals surface area contributed by atoms with E-state index in [-0.39, 0.29) is 0 Å². The van der Waals surface area contributed by atoms with E-state index in [1.54, 1.807) is 0 Å². The number of nitrogens with zero attached hydrogens (tertiary/aromatic N) is 1. The Morgan fingerprint density at radius 3 is 2.95 bits per heavy atom. The number of nitrogens with two attached hydrogens (primary N) is 1. The van der Waals surface area contributed by atoms with E-state index in [1.165, 1.54) is 11.1 Å². The molecular weight excluding hydrogens is 248 g/mol. The van der Waals surface area contributed by atoms with E-state index in [1.807, 2.05) is 18.2 Å². The molecule has 0 aliphatic carbocycles. The average Bonchev–Trinajstić information content (AvgIpc) is 2.47. The van der Waals surface area contributed by atoms with Gasteiger partial charge in [0.25, 0.3) is 0 Å². The monoisotopic (exact) mass is 268 g/mol. The van der Waals surface area contributed by atoms with Gasteiger partial charge >= 0.3 is 0 Å². The van der Waals surface area contributed by atoms with Gasteiger partial charge in [0.2, 0.25) is 0 Å². The highest BCUT2D eigenvalue weighted by molar-refractivity contribution is 5.55. The molecular formula is C17H20N2O. The minimum atomic E-state index is 0.799. The molecule has 0 aromatic heterocycles. The number of hydrogen-bond donors (Lipinski definition) is 1. The standard InChI is InChI=1S/C17H20N2O/c1-19(16-6-2-5-15(18)11-16)12-13-7-8-17-14(10-13)4-3-9-20-17/h2,5-8,10-11H,3-4,9,12,18H2,1H3. The fraction of sp³-hybridized carbons (Fsp3) is 0.294. The molecule has 3 rings (SSSR count). The summed E-state index contributed by atoms with van der Waals surface area (Å²) in [7, 11) is 2.09. The number of anilines is 2. The number of benzene rings is 2. The number of rotatable bonds is 3. The summed E-state index contributed by atoms with van der Waals surface area (Å²) in [6.45, 7) is 1.71. The Hall–Kier alpha value is -2.16. The van der Waals surface area contributed by atoms with Crippen LogP contribution in [0.1, 0.15) is 17.5 Å². The second-order valence-electron chi connectivity index (χ2n) is 5.35. The van der Waals surface area contributed by atoms with E-state index in [4.69, 9.17) is 10.5 Å². The predicted molar refractivity (Wildman–Crippen MR) is 83.2 cm³/mol. The highest BCUT2D eigenvalue weighted by Gasteiger charge is 2.11. The second-order valence-corrected chi connectivity index (χ2v) is 5.35. The van der Waals surface area contributed by atoms with Crippen molar-refractivity contribution in [3.8, 4) is 5.75 Å². The van der Waals surface area contributed by atoms with Crippen molar-refractivity contribution < 1.29 is 4.74 Å². The number of hydrogen-bond acceptors (Lipinski definition) is 3. The maximum absolute atomic E-state index is 5.84. The Balaban J connectivity index is 1.77. The summed E-state index contributed by atoms with van der Waals surface area (Å²) < 4.78 is 5.65. The van der Waals surface area contributed by atoms with Crippen LogP contribution in [0, 0.1) is 0 Å². The van der Waals surface area contributed by atoms with E-state index in [2.05, 4.69) is 36.2 Å². The molecule has 0 radical (unpaired) electrons. The number of aryl methyl sites for hydroxylation is 1. The van der Waals surface area contributed by atoms with Gasteiger partial charge in [-0.1, -0.05) is 18.2 Å². The van der Waals surface area contributed by atoms with Crippen LogP contribution in [-0.4, -0.2) is 13.7 Å². The molecule has 0 spiro atoms. The molecule has 3 heteroatoms. The first-order valence-corrected chi connectivity index (χ1v) is 7.04. The molecule has 2 aromatic carbocycles. The van der Waals surface area contributed by atoms with Crippen molar-refractivity contribution in [3.05, 3.63) is 53.6 Å². The third-order valence-electron chi connectivity index (χ3n) is 3.70. The van der Waals surface area contributed by atoms with Crippen molar-refractivity contribution in [3.63, 3.8) is 0 Å². The zero-order valence-electron chi connectivity index (χ0n) is 11.8. The van der Waals surface area contributed by atoms with Crippen molar-refractivity contribution >= 4 is 11.4 Å². The Kier molecular flexibility index (Phi) is 3.50. The molecule has 1 aliphatic heterocycles. The topological polar surface area (TPSA) is 38.5 Å².